The summed E-state index contributed by atoms with van der Waals surface area (Å²) >= 11 is 0. The van der Waals surface area contributed by atoms with Gasteiger partial charge in [-0.25, -0.2) is 0 Å². The van der Waals surface area contributed by atoms with Gasteiger partial charge in [-0.1, -0.05) is 6.92 Å². The molecule has 1 saturated heterocycles. The lowest BCUT2D eigenvalue weighted by Crippen LogP contribution is -2.41. The number of nitrogens with one attached hydrogen (secondary N) is 1. The van der Waals surface area contributed by atoms with Gasteiger partial charge in [-0.2, -0.15) is 4.98 Å². The zero-order chi connectivity index (χ0) is 11.5. The van der Waals surface area contributed by atoms with Gasteiger partial charge in [-0.05, 0) is 37.9 Å². The van der Waals surface area contributed by atoms with E-state index in [0.29, 0.717) is 36.4 Å². The van der Waals surface area contributed by atoms with E-state index in [2.05, 4.69) is 29.3 Å². The van der Waals surface area contributed by atoms with Gasteiger partial charge in [0.25, 0.3) is 0 Å². The number of hydrogen-bond acceptors (Lipinski definition) is 5. The first-order chi connectivity index (χ1) is 7.70. The van der Waals surface area contributed by atoms with Gasteiger partial charge in [0.1, 0.15) is 0 Å². The average Bonchev–Trinajstić information content (AvgIpc) is 2.71. The fourth-order valence-corrected chi connectivity index (χ4v) is 2.12. The van der Waals surface area contributed by atoms with Crippen LogP contribution in [0.3, 0.4) is 0 Å². The zero-order valence-electron chi connectivity index (χ0n) is 10.1. The normalized spacial score (nSPS) is 30.3. The number of rotatable bonds is 3. The molecule has 1 aliphatic heterocycles. The Hall–Kier alpha value is -1.10. The van der Waals surface area contributed by atoms with Crippen molar-refractivity contribution in [2.75, 3.05) is 13.2 Å². The van der Waals surface area contributed by atoms with Crippen molar-refractivity contribution < 1.29 is 9.26 Å². The highest BCUT2D eigenvalue weighted by Gasteiger charge is 2.30. The van der Waals surface area contributed by atoms with Gasteiger partial charge in [0.15, 0.2) is 0 Å². The van der Waals surface area contributed by atoms with Gasteiger partial charge in [0, 0.05) is 6.04 Å². The third kappa shape index (κ3) is 2.35. The SMILES string of the molecule is CCOc1noc(C2CC(C)CNC2C)n1. The molecule has 3 unspecified atom stereocenters. The van der Waals surface area contributed by atoms with E-state index in [1.165, 1.54) is 0 Å². The highest BCUT2D eigenvalue weighted by Crippen LogP contribution is 2.30. The first-order valence-electron chi connectivity index (χ1n) is 5.90. The van der Waals surface area contributed by atoms with Crippen LogP contribution in [-0.2, 0) is 0 Å². The minimum Gasteiger partial charge on any atom is -0.462 e. The minimum absolute atomic E-state index is 0.297. The van der Waals surface area contributed by atoms with E-state index in [9.17, 15) is 0 Å². The second-order valence-electron chi connectivity index (χ2n) is 4.49. The largest absolute Gasteiger partial charge is 0.462 e. The van der Waals surface area contributed by atoms with Crippen LogP contribution in [0.5, 0.6) is 6.01 Å². The molecule has 5 heteroatoms. The number of aromatic nitrogens is 2. The molecule has 2 heterocycles. The molecule has 1 fully saturated rings. The summed E-state index contributed by atoms with van der Waals surface area (Å²) in [5, 5.41) is 7.26. The van der Waals surface area contributed by atoms with Crippen molar-refractivity contribution in [3.8, 4) is 6.01 Å². The van der Waals surface area contributed by atoms with Crippen molar-refractivity contribution in [2.24, 2.45) is 5.92 Å². The predicted molar refractivity (Wildman–Crippen MR) is 59.5 cm³/mol. The Morgan fingerprint density at radius 1 is 1.50 bits per heavy atom. The van der Waals surface area contributed by atoms with Crippen LogP contribution in [0.2, 0.25) is 0 Å². The summed E-state index contributed by atoms with van der Waals surface area (Å²) in [5.74, 6) is 1.63. The second-order valence-corrected chi connectivity index (χ2v) is 4.49. The van der Waals surface area contributed by atoms with Crippen molar-refractivity contribution >= 4 is 0 Å². The summed E-state index contributed by atoms with van der Waals surface area (Å²) in [6, 6.07) is 0.731. The van der Waals surface area contributed by atoms with E-state index in [1.807, 2.05) is 6.92 Å². The number of nitrogens with zero attached hydrogens (tertiary/aromatic N) is 2. The summed E-state index contributed by atoms with van der Waals surface area (Å²) < 4.78 is 10.5. The van der Waals surface area contributed by atoms with Gasteiger partial charge < -0.3 is 14.6 Å². The Morgan fingerprint density at radius 3 is 3.06 bits per heavy atom. The molecule has 0 amide bonds. The van der Waals surface area contributed by atoms with Crippen molar-refractivity contribution in [3.63, 3.8) is 0 Å². The zero-order valence-corrected chi connectivity index (χ0v) is 10.1. The molecule has 3 atom stereocenters. The van der Waals surface area contributed by atoms with E-state index < -0.39 is 0 Å². The third-order valence-electron chi connectivity index (χ3n) is 3.06. The average molecular weight is 225 g/mol. The van der Waals surface area contributed by atoms with Gasteiger partial charge in [0.05, 0.1) is 12.5 Å². The van der Waals surface area contributed by atoms with Gasteiger partial charge >= 0.3 is 6.01 Å². The molecule has 0 radical (unpaired) electrons. The van der Waals surface area contributed by atoms with E-state index in [4.69, 9.17) is 9.26 Å². The Labute approximate surface area is 95.6 Å². The Bertz CT molecular complexity index is 340. The predicted octanol–water partition coefficient (Wildman–Crippen LogP) is 1.57. The van der Waals surface area contributed by atoms with Crippen LogP contribution >= 0.6 is 0 Å². The van der Waals surface area contributed by atoms with Crippen molar-refractivity contribution in [2.45, 2.75) is 39.2 Å². The lowest BCUT2D eigenvalue weighted by molar-refractivity contribution is 0.242. The quantitative estimate of drug-likeness (QED) is 0.846. The summed E-state index contributed by atoms with van der Waals surface area (Å²) in [7, 11) is 0. The molecule has 5 nitrogen and oxygen atoms in total. The van der Waals surface area contributed by atoms with E-state index >= 15 is 0 Å². The van der Waals surface area contributed by atoms with Gasteiger partial charge in [-0.3, -0.25) is 0 Å². The van der Waals surface area contributed by atoms with Crippen molar-refractivity contribution in [1.29, 1.82) is 0 Å². The lowest BCUT2D eigenvalue weighted by atomic mass is 9.86. The van der Waals surface area contributed by atoms with Gasteiger partial charge in [-0.15, -0.1) is 0 Å². The Kier molecular flexibility index (Phi) is 3.43. The maximum Gasteiger partial charge on any atom is 0.354 e. The third-order valence-corrected chi connectivity index (χ3v) is 3.06. The maximum atomic E-state index is 5.25. The van der Waals surface area contributed by atoms with Crippen LogP contribution in [0.25, 0.3) is 0 Å². The standard InChI is InChI=1S/C11H19N3O2/c1-4-15-11-13-10(16-14-11)9-5-7(2)6-12-8(9)3/h7-9,12H,4-6H2,1-3H3. The van der Waals surface area contributed by atoms with Crippen molar-refractivity contribution in [3.05, 3.63) is 5.89 Å². The van der Waals surface area contributed by atoms with Gasteiger partial charge in [0.2, 0.25) is 5.89 Å². The van der Waals surface area contributed by atoms with Crippen LogP contribution in [0, 0.1) is 5.92 Å². The van der Waals surface area contributed by atoms with Crippen LogP contribution in [0.1, 0.15) is 39.0 Å². The molecule has 1 aromatic heterocycles. The minimum atomic E-state index is 0.297. The highest BCUT2D eigenvalue weighted by atomic mass is 16.5. The number of piperidine rings is 1. The summed E-state index contributed by atoms with van der Waals surface area (Å²) in [4.78, 5) is 4.27. The topological polar surface area (TPSA) is 60.2 Å². The maximum absolute atomic E-state index is 5.25. The molecule has 0 saturated carbocycles. The first-order valence-corrected chi connectivity index (χ1v) is 5.90. The van der Waals surface area contributed by atoms with E-state index in [-0.39, 0.29) is 0 Å². The summed E-state index contributed by atoms with van der Waals surface area (Å²) in [6.07, 6.45) is 1.09. The first kappa shape index (κ1) is 11.4. The molecule has 0 aliphatic carbocycles. The fourth-order valence-electron chi connectivity index (χ4n) is 2.12. The van der Waals surface area contributed by atoms with Crippen LogP contribution < -0.4 is 10.1 Å². The van der Waals surface area contributed by atoms with Crippen LogP contribution in [0.4, 0.5) is 0 Å². The molecule has 0 aromatic carbocycles. The smallest absolute Gasteiger partial charge is 0.354 e. The monoisotopic (exact) mass is 225 g/mol. The summed E-state index contributed by atoms with van der Waals surface area (Å²) in [5.41, 5.74) is 0. The van der Waals surface area contributed by atoms with Crippen molar-refractivity contribution in [1.82, 2.24) is 15.5 Å². The van der Waals surface area contributed by atoms with E-state index in [0.717, 1.165) is 13.0 Å². The highest BCUT2D eigenvalue weighted by molar-refractivity contribution is 5.03. The van der Waals surface area contributed by atoms with Crippen LogP contribution in [-0.4, -0.2) is 29.3 Å². The molecule has 1 aromatic rings. The number of ether oxygens (including phenoxy) is 1. The molecule has 1 N–H and O–H groups in total. The molecule has 16 heavy (non-hydrogen) atoms. The Morgan fingerprint density at radius 2 is 2.31 bits per heavy atom. The molecular weight excluding hydrogens is 206 g/mol. The molecular formula is C11H19N3O2. The second kappa shape index (κ2) is 4.82. The molecule has 1 aliphatic rings. The number of hydrogen-bond donors (Lipinski definition) is 1. The van der Waals surface area contributed by atoms with E-state index in [1.54, 1.807) is 0 Å². The molecule has 0 bridgehead atoms. The molecule has 2 rings (SSSR count). The Balaban J connectivity index is 2.08. The molecule has 90 valence electrons. The fraction of sp³-hybridized carbons (Fsp3) is 0.818. The lowest BCUT2D eigenvalue weighted by Gasteiger charge is -2.31. The summed E-state index contributed by atoms with van der Waals surface area (Å²) in [6.45, 7) is 7.91. The van der Waals surface area contributed by atoms with Crippen LogP contribution in [0.15, 0.2) is 4.52 Å². The molecule has 0 spiro atoms.